The summed E-state index contributed by atoms with van der Waals surface area (Å²) in [5.74, 6) is 0.846. The summed E-state index contributed by atoms with van der Waals surface area (Å²) < 4.78 is 5.23. The first-order valence-corrected chi connectivity index (χ1v) is 6.74. The normalized spacial score (nSPS) is 10.6. The zero-order valence-corrected chi connectivity index (χ0v) is 12.1. The molecule has 0 aliphatic rings. The minimum atomic E-state index is 0.732. The number of benzene rings is 2. The van der Waals surface area contributed by atoms with Crippen molar-refractivity contribution in [1.29, 1.82) is 0 Å². The van der Waals surface area contributed by atoms with Gasteiger partial charge in [-0.05, 0) is 55.0 Å². The van der Waals surface area contributed by atoms with Crippen molar-refractivity contribution in [1.82, 2.24) is 4.98 Å². The van der Waals surface area contributed by atoms with Crippen LogP contribution in [0.3, 0.4) is 0 Å². The smallest absolute Gasteiger partial charge is 0.119 e. The summed E-state index contributed by atoms with van der Waals surface area (Å²) in [6.45, 7) is 2.04. The summed E-state index contributed by atoms with van der Waals surface area (Å²) in [6.07, 6.45) is 1.77. The molecule has 0 unspecified atom stereocenters. The standard InChI is InChI=1S/C17H17N3O/c1-11-10-12(21-2)5-7-15(11)20-16-8-6-14(18)13-4-3-9-19-17(13)16/h3-10,20H,18H2,1-2H3. The van der Waals surface area contributed by atoms with E-state index in [-0.39, 0.29) is 0 Å². The molecule has 1 heterocycles. The van der Waals surface area contributed by atoms with Crippen molar-refractivity contribution in [3.63, 3.8) is 0 Å². The number of rotatable bonds is 3. The minimum Gasteiger partial charge on any atom is -0.497 e. The molecule has 1 aromatic heterocycles. The third kappa shape index (κ3) is 2.48. The molecule has 0 saturated heterocycles. The SMILES string of the molecule is COc1ccc(Nc2ccc(N)c3cccnc23)c(C)c1. The highest BCUT2D eigenvalue weighted by atomic mass is 16.5. The van der Waals surface area contributed by atoms with E-state index in [1.54, 1.807) is 13.3 Å². The van der Waals surface area contributed by atoms with Gasteiger partial charge in [0.1, 0.15) is 5.75 Å². The molecule has 0 aliphatic heterocycles. The van der Waals surface area contributed by atoms with Crippen LogP contribution in [0.2, 0.25) is 0 Å². The lowest BCUT2D eigenvalue weighted by molar-refractivity contribution is 0.414. The van der Waals surface area contributed by atoms with E-state index in [0.717, 1.165) is 39.3 Å². The fraction of sp³-hybridized carbons (Fsp3) is 0.118. The zero-order chi connectivity index (χ0) is 14.8. The molecule has 21 heavy (non-hydrogen) atoms. The van der Waals surface area contributed by atoms with Crippen molar-refractivity contribution < 1.29 is 4.74 Å². The van der Waals surface area contributed by atoms with Crippen LogP contribution in [0, 0.1) is 6.92 Å². The largest absolute Gasteiger partial charge is 0.497 e. The number of anilines is 3. The number of nitrogen functional groups attached to an aromatic ring is 1. The number of ether oxygens (including phenoxy) is 1. The maximum atomic E-state index is 6.00. The number of aryl methyl sites for hydroxylation is 1. The number of nitrogens with zero attached hydrogens (tertiary/aromatic N) is 1. The Morgan fingerprint density at radius 3 is 2.67 bits per heavy atom. The highest BCUT2D eigenvalue weighted by Gasteiger charge is 2.07. The Bertz CT molecular complexity index is 799. The van der Waals surface area contributed by atoms with Crippen LogP contribution < -0.4 is 15.8 Å². The Labute approximate surface area is 123 Å². The van der Waals surface area contributed by atoms with E-state index in [0.29, 0.717) is 0 Å². The van der Waals surface area contributed by atoms with Gasteiger partial charge >= 0.3 is 0 Å². The van der Waals surface area contributed by atoms with Gasteiger partial charge in [0.15, 0.2) is 0 Å². The van der Waals surface area contributed by atoms with Gasteiger partial charge in [0, 0.05) is 23.0 Å². The van der Waals surface area contributed by atoms with E-state index in [1.165, 1.54) is 0 Å². The highest BCUT2D eigenvalue weighted by molar-refractivity contribution is 5.99. The van der Waals surface area contributed by atoms with Crippen LogP contribution in [0.1, 0.15) is 5.56 Å². The third-order valence-corrected chi connectivity index (χ3v) is 3.51. The number of methoxy groups -OCH3 is 1. The molecule has 0 amide bonds. The molecular formula is C17H17N3O. The van der Waals surface area contributed by atoms with Gasteiger partial charge in [-0.2, -0.15) is 0 Å². The van der Waals surface area contributed by atoms with Crippen molar-refractivity contribution >= 4 is 28.0 Å². The maximum absolute atomic E-state index is 6.00. The molecule has 0 atom stereocenters. The molecule has 3 rings (SSSR count). The quantitative estimate of drug-likeness (QED) is 0.714. The van der Waals surface area contributed by atoms with Crippen molar-refractivity contribution in [3.8, 4) is 5.75 Å². The van der Waals surface area contributed by atoms with Gasteiger partial charge in [0.25, 0.3) is 0 Å². The number of pyridine rings is 1. The van der Waals surface area contributed by atoms with Crippen LogP contribution in [0.5, 0.6) is 5.75 Å². The first-order valence-electron chi connectivity index (χ1n) is 6.74. The fourth-order valence-corrected chi connectivity index (χ4v) is 2.34. The van der Waals surface area contributed by atoms with Gasteiger partial charge in [-0.1, -0.05) is 0 Å². The molecule has 106 valence electrons. The zero-order valence-electron chi connectivity index (χ0n) is 12.1. The Kier molecular flexibility index (Phi) is 3.36. The molecule has 3 aromatic rings. The second kappa shape index (κ2) is 5.32. The number of aromatic nitrogens is 1. The average Bonchev–Trinajstić information content (AvgIpc) is 2.52. The van der Waals surface area contributed by atoms with Crippen LogP contribution in [-0.2, 0) is 0 Å². The highest BCUT2D eigenvalue weighted by Crippen LogP contribution is 2.30. The Balaban J connectivity index is 2.04. The number of hydrogen-bond donors (Lipinski definition) is 2. The van der Waals surface area contributed by atoms with Crippen molar-refractivity contribution in [2.45, 2.75) is 6.92 Å². The van der Waals surface area contributed by atoms with Crippen molar-refractivity contribution in [2.24, 2.45) is 0 Å². The number of hydrogen-bond acceptors (Lipinski definition) is 4. The van der Waals surface area contributed by atoms with Crippen LogP contribution in [0.25, 0.3) is 10.9 Å². The van der Waals surface area contributed by atoms with E-state index in [9.17, 15) is 0 Å². The molecule has 0 saturated carbocycles. The number of nitrogens with two attached hydrogens (primary N) is 1. The minimum absolute atomic E-state index is 0.732. The monoisotopic (exact) mass is 279 g/mol. The first kappa shape index (κ1) is 13.2. The van der Waals surface area contributed by atoms with Gasteiger partial charge in [-0.25, -0.2) is 0 Å². The van der Waals surface area contributed by atoms with Crippen LogP contribution in [-0.4, -0.2) is 12.1 Å². The van der Waals surface area contributed by atoms with Crippen molar-refractivity contribution in [3.05, 3.63) is 54.2 Å². The van der Waals surface area contributed by atoms with Gasteiger partial charge in [-0.3, -0.25) is 4.98 Å². The second-order valence-corrected chi connectivity index (χ2v) is 4.91. The number of fused-ring (bicyclic) bond motifs is 1. The lowest BCUT2D eigenvalue weighted by Gasteiger charge is -2.13. The summed E-state index contributed by atoms with van der Waals surface area (Å²) in [4.78, 5) is 4.43. The second-order valence-electron chi connectivity index (χ2n) is 4.91. The predicted molar refractivity (Wildman–Crippen MR) is 87.2 cm³/mol. The van der Waals surface area contributed by atoms with Crippen LogP contribution in [0.4, 0.5) is 17.1 Å². The first-order chi connectivity index (χ1) is 10.2. The van der Waals surface area contributed by atoms with E-state index >= 15 is 0 Å². The predicted octanol–water partition coefficient (Wildman–Crippen LogP) is 3.88. The molecule has 0 fully saturated rings. The lowest BCUT2D eigenvalue weighted by Crippen LogP contribution is -1.97. The average molecular weight is 279 g/mol. The molecule has 0 spiro atoms. The lowest BCUT2D eigenvalue weighted by atomic mass is 10.1. The van der Waals surface area contributed by atoms with Gasteiger partial charge in [0.2, 0.25) is 0 Å². The molecule has 4 heteroatoms. The van der Waals surface area contributed by atoms with E-state index < -0.39 is 0 Å². The third-order valence-electron chi connectivity index (χ3n) is 3.51. The Morgan fingerprint density at radius 2 is 1.90 bits per heavy atom. The van der Waals surface area contributed by atoms with E-state index in [2.05, 4.69) is 10.3 Å². The molecule has 2 aromatic carbocycles. The van der Waals surface area contributed by atoms with E-state index in [4.69, 9.17) is 10.5 Å². The summed E-state index contributed by atoms with van der Waals surface area (Å²) in [7, 11) is 1.67. The Morgan fingerprint density at radius 1 is 1.10 bits per heavy atom. The van der Waals surface area contributed by atoms with Crippen LogP contribution in [0.15, 0.2) is 48.7 Å². The molecule has 0 aliphatic carbocycles. The topological polar surface area (TPSA) is 60.2 Å². The van der Waals surface area contributed by atoms with Gasteiger partial charge in [-0.15, -0.1) is 0 Å². The Hall–Kier alpha value is -2.75. The summed E-state index contributed by atoms with van der Waals surface area (Å²) in [5, 5.41) is 4.37. The van der Waals surface area contributed by atoms with Crippen molar-refractivity contribution in [2.75, 3.05) is 18.2 Å². The summed E-state index contributed by atoms with van der Waals surface area (Å²) >= 11 is 0. The molecule has 0 radical (unpaired) electrons. The number of nitrogens with one attached hydrogen (secondary N) is 1. The fourth-order valence-electron chi connectivity index (χ4n) is 2.34. The van der Waals surface area contributed by atoms with Crippen LogP contribution >= 0.6 is 0 Å². The molecular weight excluding hydrogens is 262 g/mol. The van der Waals surface area contributed by atoms with Gasteiger partial charge < -0.3 is 15.8 Å². The maximum Gasteiger partial charge on any atom is 0.119 e. The van der Waals surface area contributed by atoms with Gasteiger partial charge in [0.05, 0.1) is 18.3 Å². The molecule has 0 bridgehead atoms. The summed E-state index contributed by atoms with van der Waals surface area (Å²) in [6, 6.07) is 13.6. The van der Waals surface area contributed by atoms with E-state index in [1.807, 2.05) is 49.4 Å². The summed E-state index contributed by atoms with van der Waals surface area (Å²) in [5.41, 5.74) is 10.7. The molecule has 4 nitrogen and oxygen atoms in total. The molecule has 3 N–H and O–H groups in total.